The lowest BCUT2D eigenvalue weighted by Gasteiger charge is -2.42. The van der Waals surface area contributed by atoms with Crippen LogP contribution in [0, 0.1) is 13.8 Å². The van der Waals surface area contributed by atoms with Gasteiger partial charge in [-0.1, -0.05) is 162 Å². The van der Waals surface area contributed by atoms with Crippen molar-refractivity contribution in [1.29, 1.82) is 0 Å². The number of fused-ring (bicyclic) bond motifs is 9. The van der Waals surface area contributed by atoms with Gasteiger partial charge < -0.3 is 14.3 Å². The maximum absolute atomic E-state index is 2.76. The van der Waals surface area contributed by atoms with Gasteiger partial charge in [0.15, 0.2) is 0 Å². The highest BCUT2D eigenvalue weighted by molar-refractivity contribution is 6.90. The van der Waals surface area contributed by atoms with Gasteiger partial charge in [0.05, 0.1) is 0 Å². The summed E-state index contributed by atoms with van der Waals surface area (Å²) in [5, 5.41) is 7.91. The molecule has 0 aliphatic carbocycles. The fraction of sp³-hybridized carbons (Fsp3) is 0.265. The summed E-state index contributed by atoms with van der Waals surface area (Å²) in [7, 11) is 0. The van der Waals surface area contributed by atoms with Crippen LogP contribution in [-0.4, -0.2) is 11.3 Å². The first-order valence-corrected chi connectivity index (χ1v) is 26.2. The number of hydrogen-bond donors (Lipinski definition) is 0. The third-order valence-electron chi connectivity index (χ3n) is 16.3. The molecule has 0 bridgehead atoms. The zero-order chi connectivity index (χ0) is 50.6. The molecule has 1 aromatic heterocycles. The van der Waals surface area contributed by atoms with Crippen molar-refractivity contribution < 1.29 is 0 Å². The normalized spacial score (nSPS) is 13.6. The predicted octanol–water partition coefficient (Wildman–Crippen LogP) is 17.8. The number of anilines is 6. The van der Waals surface area contributed by atoms with Gasteiger partial charge in [-0.2, -0.15) is 0 Å². The highest BCUT2D eigenvalue weighted by atomic mass is 15.2. The second-order valence-electron chi connectivity index (χ2n) is 25.2. The Balaban J connectivity index is 1.31. The average molecular weight is 938 g/mol. The van der Waals surface area contributed by atoms with Crippen LogP contribution in [0.2, 0.25) is 0 Å². The number of benzene rings is 9. The van der Waals surface area contributed by atoms with Gasteiger partial charge in [0, 0.05) is 61.5 Å². The third-order valence-corrected chi connectivity index (χ3v) is 16.3. The van der Waals surface area contributed by atoms with Crippen LogP contribution in [0.25, 0.3) is 54.5 Å². The first kappa shape index (κ1) is 46.1. The van der Waals surface area contributed by atoms with E-state index in [4.69, 9.17) is 0 Å². The second-order valence-corrected chi connectivity index (χ2v) is 25.2. The van der Waals surface area contributed by atoms with Gasteiger partial charge in [0.2, 0.25) is 0 Å². The topological polar surface area (TPSA) is 11.4 Å². The monoisotopic (exact) mass is 938 g/mol. The Morgan fingerprint density at radius 2 is 0.903 bits per heavy atom. The van der Waals surface area contributed by atoms with Crippen LogP contribution < -0.4 is 20.7 Å². The summed E-state index contributed by atoms with van der Waals surface area (Å²) in [5.74, 6) is 0. The number of rotatable bonds is 4. The van der Waals surface area contributed by atoms with Crippen molar-refractivity contribution in [3.63, 3.8) is 0 Å². The van der Waals surface area contributed by atoms with Crippen molar-refractivity contribution in [3.8, 4) is 11.1 Å². The minimum atomic E-state index is -0.117. The van der Waals surface area contributed by atoms with Gasteiger partial charge >= 0.3 is 6.85 Å². The van der Waals surface area contributed by atoms with Crippen molar-refractivity contribution in [3.05, 3.63) is 191 Å². The molecule has 0 saturated carbocycles. The van der Waals surface area contributed by atoms with E-state index in [1.165, 1.54) is 116 Å². The molecule has 358 valence electrons. The highest BCUT2D eigenvalue weighted by Gasteiger charge is 2.45. The Kier molecular flexibility index (Phi) is 10.1. The number of aryl methyl sites for hydroxylation is 2. The summed E-state index contributed by atoms with van der Waals surface area (Å²) < 4.78 is 2.76. The SMILES string of the molecule is Cc1c2ccccc2c(C)c2cc3c(cc12)B1c2c(cc(N(c4ccccc4)c4ccccc4)cc2N3c2cc(C(C)(C)C)cc(C(C)(C)C)c2)-c2cc(C(C)(C)C)cc3c4cc(C(C)(C)C)ccc4n1c23. The first-order valence-electron chi connectivity index (χ1n) is 26.2. The summed E-state index contributed by atoms with van der Waals surface area (Å²) in [6, 6.07) is 61.1. The number of nitrogens with zero attached hydrogens (tertiary/aromatic N) is 3. The van der Waals surface area contributed by atoms with E-state index >= 15 is 0 Å². The van der Waals surface area contributed by atoms with E-state index < -0.39 is 0 Å². The van der Waals surface area contributed by atoms with Crippen molar-refractivity contribution in [2.24, 2.45) is 0 Å². The Morgan fingerprint density at radius 1 is 0.389 bits per heavy atom. The molecular weight excluding hydrogens is 870 g/mol. The Morgan fingerprint density at radius 3 is 1.46 bits per heavy atom. The van der Waals surface area contributed by atoms with Gasteiger partial charge in [-0.3, -0.25) is 0 Å². The van der Waals surface area contributed by atoms with Crippen LogP contribution in [-0.2, 0) is 21.7 Å². The van der Waals surface area contributed by atoms with E-state index in [0.29, 0.717) is 0 Å². The van der Waals surface area contributed by atoms with E-state index in [1.54, 1.807) is 0 Å². The van der Waals surface area contributed by atoms with E-state index in [-0.39, 0.29) is 28.5 Å². The van der Waals surface area contributed by atoms with Crippen molar-refractivity contribution in [1.82, 2.24) is 4.48 Å². The molecule has 3 nitrogen and oxygen atoms in total. The predicted molar refractivity (Wildman–Crippen MR) is 314 cm³/mol. The zero-order valence-electron chi connectivity index (χ0n) is 44.9. The van der Waals surface area contributed by atoms with Crippen molar-refractivity contribution in [2.45, 2.75) is 119 Å². The van der Waals surface area contributed by atoms with Crippen LogP contribution in [0.4, 0.5) is 34.1 Å². The highest BCUT2D eigenvalue weighted by Crippen LogP contribution is 2.51. The largest absolute Gasteiger partial charge is 0.375 e. The van der Waals surface area contributed by atoms with E-state index in [1.807, 2.05) is 0 Å². The molecule has 0 unspecified atom stereocenters. The molecule has 0 N–H and O–H groups in total. The molecule has 0 radical (unpaired) electrons. The molecule has 12 rings (SSSR count). The smallest absolute Gasteiger partial charge is 0.333 e. The first-order chi connectivity index (χ1) is 34.1. The number of aromatic nitrogens is 1. The van der Waals surface area contributed by atoms with Crippen LogP contribution in [0.3, 0.4) is 0 Å². The number of hydrogen-bond acceptors (Lipinski definition) is 2. The quantitative estimate of drug-likeness (QED) is 0.129. The zero-order valence-corrected chi connectivity index (χ0v) is 44.9. The maximum Gasteiger partial charge on any atom is 0.333 e. The van der Waals surface area contributed by atoms with Gasteiger partial charge in [-0.05, 0) is 186 Å². The van der Waals surface area contributed by atoms with Gasteiger partial charge in [-0.15, -0.1) is 0 Å². The van der Waals surface area contributed by atoms with Crippen LogP contribution in [0.5, 0.6) is 0 Å². The second kappa shape index (κ2) is 15.7. The van der Waals surface area contributed by atoms with Gasteiger partial charge in [0.1, 0.15) is 0 Å². The standard InChI is InChI=1S/C68H68BN3/c1-41-51-27-21-22-28-52(51)42(2)54-40-61-59(39-53(41)54)69-63-56(58-36-46(68(12,13)14)35-57-55-34-43(65(3,4)5)29-30-60(55)72(69)64(57)58)37-50(70(47-23-17-15-18-24-47)48-25-19-16-20-26-48)38-62(63)71(61)49-32-44(66(6,7)8)31-45(33-49)67(9,10)11/h15-40H,1-14H3. The molecule has 10 aromatic rings. The summed E-state index contributed by atoms with van der Waals surface area (Å²) in [6.07, 6.45) is 0. The van der Waals surface area contributed by atoms with Gasteiger partial charge in [0.25, 0.3) is 0 Å². The average Bonchev–Trinajstić information content (AvgIpc) is 3.67. The Bertz CT molecular complexity index is 3790. The minimum absolute atomic E-state index is 0.0147. The summed E-state index contributed by atoms with van der Waals surface area (Å²) in [6.45, 7) is 32.9. The molecule has 0 fully saturated rings. The molecule has 4 heteroatoms. The fourth-order valence-electron chi connectivity index (χ4n) is 12.1. The molecule has 0 amide bonds. The molecule has 0 spiro atoms. The van der Waals surface area contributed by atoms with E-state index in [9.17, 15) is 0 Å². The van der Waals surface area contributed by atoms with Gasteiger partial charge in [-0.25, -0.2) is 0 Å². The Labute approximate surface area is 428 Å². The summed E-state index contributed by atoms with van der Waals surface area (Å²) in [4.78, 5) is 5.14. The Hall–Kier alpha value is -7.04. The summed E-state index contributed by atoms with van der Waals surface area (Å²) in [5.41, 5.74) is 22.6. The molecule has 0 saturated heterocycles. The minimum Gasteiger partial charge on any atom is -0.375 e. The van der Waals surface area contributed by atoms with Crippen LogP contribution >= 0.6 is 0 Å². The lowest BCUT2D eigenvalue weighted by Crippen LogP contribution is -2.56. The molecular formula is C68H68BN3. The lowest BCUT2D eigenvalue weighted by molar-refractivity contribution is 0.569. The van der Waals surface area contributed by atoms with Crippen molar-refractivity contribution >= 4 is 95.2 Å². The van der Waals surface area contributed by atoms with E-state index in [0.717, 1.165) is 17.1 Å². The molecule has 9 aromatic carbocycles. The summed E-state index contributed by atoms with van der Waals surface area (Å²) >= 11 is 0. The van der Waals surface area contributed by atoms with E-state index in [2.05, 4.69) is 269 Å². The number of para-hydroxylation sites is 2. The van der Waals surface area contributed by atoms with Crippen LogP contribution in [0.1, 0.15) is 116 Å². The molecule has 72 heavy (non-hydrogen) atoms. The molecule has 2 aliphatic rings. The third kappa shape index (κ3) is 7.07. The fourth-order valence-corrected chi connectivity index (χ4v) is 12.1. The molecule has 0 atom stereocenters. The van der Waals surface area contributed by atoms with Crippen molar-refractivity contribution in [2.75, 3.05) is 9.80 Å². The molecule has 2 aliphatic heterocycles. The molecule has 3 heterocycles. The lowest BCUT2D eigenvalue weighted by atomic mass is 9.44. The maximum atomic E-state index is 2.76. The van der Waals surface area contributed by atoms with Crippen LogP contribution in [0.15, 0.2) is 158 Å².